The molecule has 1 aliphatic heterocycles. The fraction of sp³-hybridized carbons (Fsp3) is 0.0357. The van der Waals surface area contributed by atoms with Crippen LogP contribution in [-0.2, 0) is 11.3 Å². The van der Waals surface area contributed by atoms with Gasteiger partial charge in [-0.2, -0.15) is 0 Å². The number of ether oxygens (including phenoxy) is 2. The molecule has 1 aliphatic rings. The molecule has 37 heavy (non-hydrogen) atoms. The molecule has 4 aromatic carbocycles. The molecule has 0 unspecified atom stereocenters. The fourth-order valence-electron chi connectivity index (χ4n) is 3.83. The summed E-state index contributed by atoms with van der Waals surface area (Å²) < 4.78 is 11.0. The average Bonchev–Trinajstić information content (AvgIpc) is 3.18. The van der Waals surface area contributed by atoms with Crippen LogP contribution in [0.1, 0.15) is 36.6 Å². The summed E-state index contributed by atoms with van der Waals surface area (Å²) in [6.07, 6.45) is 0. The molecule has 0 aromatic heterocycles. The first-order valence-electron chi connectivity index (χ1n) is 11.2. The summed E-state index contributed by atoms with van der Waals surface area (Å²) in [5.41, 5.74) is 2.04. The van der Waals surface area contributed by atoms with Gasteiger partial charge in [-0.15, -0.1) is 0 Å². The number of non-ortho nitro benzene ring substituents is 1. The third-order valence-electron chi connectivity index (χ3n) is 5.73. The number of carbonyl (C=O) groups excluding carboxylic acids is 3. The lowest BCUT2D eigenvalue weighted by atomic mass is 10.1. The van der Waals surface area contributed by atoms with E-state index < -0.39 is 22.7 Å². The monoisotopic (exact) mass is 494 g/mol. The topological polar surface area (TPSA) is 116 Å². The van der Waals surface area contributed by atoms with Gasteiger partial charge < -0.3 is 9.47 Å². The lowest BCUT2D eigenvalue weighted by Crippen LogP contribution is -2.29. The molecule has 5 rings (SSSR count). The van der Waals surface area contributed by atoms with E-state index in [1.54, 1.807) is 48.5 Å². The molecule has 4 aromatic rings. The van der Waals surface area contributed by atoms with E-state index >= 15 is 0 Å². The van der Waals surface area contributed by atoms with Crippen molar-refractivity contribution in [3.8, 4) is 11.5 Å². The highest BCUT2D eigenvalue weighted by atomic mass is 16.6. The van der Waals surface area contributed by atoms with Gasteiger partial charge in [0.1, 0.15) is 18.1 Å². The van der Waals surface area contributed by atoms with Crippen LogP contribution >= 0.6 is 0 Å². The number of esters is 1. The van der Waals surface area contributed by atoms with Crippen molar-refractivity contribution in [2.24, 2.45) is 0 Å². The average molecular weight is 494 g/mol. The summed E-state index contributed by atoms with van der Waals surface area (Å²) in [6.45, 7) is 0.0246. The second-order valence-electron chi connectivity index (χ2n) is 8.11. The Bertz CT molecular complexity index is 1480. The summed E-state index contributed by atoms with van der Waals surface area (Å²) in [7, 11) is 0. The van der Waals surface area contributed by atoms with Crippen LogP contribution < -0.4 is 9.64 Å². The number of hydrogen-bond acceptors (Lipinski definition) is 7. The summed E-state index contributed by atoms with van der Waals surface area (Å²) in [6, 6.07) is 25.3. The van der Waals surface area contributed by atoms with Gasteiger partial charge in [-0.3, -0.25) is 19.7 Å². The summed E-state index contributed by atoms with van der Waals surface area (Å²) in [4.78, 5) is 49.1. The second kappa shape index (κ2) is 9.74. The number of amides is 2. The number of nitrogens with zero attached hydrogens (tertiary/aromatic N) is 2. The largest absolute Gasteiger partial charge is 0.457 e. The summed E-state index contributed by atoms with van der Waals surface area (Å²) >= 11 is 0. The van der Waals surface area contributed by atoms with Gasteiger partial charge in [-0.25, -0.2) is 9.69 Å². The second-order valence-corrected chi connectivity index (χ2v) is 8.11. The van der Waals surface area contributed by atoms with E-state index in [9.17, 15) is 24.5 Å². The molecular weight excluding hydrogens is 476 g/mol. The first-order chi connectivity index (χ1) is 17.9. The molecule has 0 N–H and O–H groups in total. The first kappa shape index (κ1) is 23.4. The summed E-state index contributed by atoms with van der Waals surface area (Å²) in [5.74, 6) is -0.393. The Morgan fingerprint density at radius 1 is 0.757 bits per heavy atom. The molecule has 0 bridgehead atoms. The van der Waals surface area contributed by atoms with Crippen molar-refractivity contribution in [2.45, 2.75) is 6.61 Å². The van der Waals surface area contributed by atoms with E-state index in [1.807, 2.05) is 0 Å². The summed E-state index contributed by atoms with van der Waals surface area (Å²) in [5, 5.41) is 10.7. The molecule has 2 amide bonds. The van der Waals surface area contributed by atoms with Crippen LogP contribution in [0.15, 0.2) is 97.1 Å². The Hall–Kier alpha value is -5.31. The zero-order valence-corrected chi connectivity index (χ0v) is 19.2. The van der Waals surface area contributed by atoms with Gasteiger partial charge in [-0.1, -0.05) is 24.3 Å². The fourth-order valence-corrected chi connectivity index (χ4v) is 3.83. The maximum atomic E-state index is 12.6. The molecule has 0 saturated heterocycles. The maximum absolute atomic E-state index is 12.6. The van der Waals surface area contributed by atoms with Crippen molar-refractivity contribution in [3.63, 3.8) is 0 Å². The molecule has 0 atom stereocenters. The number of nitro benzene ring substituents is 1. The number of fused-ring (bicyclic) bond motifs is 1. The van der Waals surface area contributed by atoms with E-state index in [1.165, 1.54) is 48.5 Å². The van der Waals surface area contributed by atoms with E-state index in [0.29, 0.717) is 28.3 Å². The zero-order valence-electron chi connectivity index (χ0n) is 19.2. The van der Waals surface area contributed by atoms with Crippen molar-refractivity contribution in [2.75, 3.05) is 4.90 Å². The number of benzene rings is 4. The Kier molecular flexibility index (Phi) is 6.17. The molecular formula is C28H18N2O7. The van der Waals surface area contributed by atoms with Gasteiger partial charge in [0.2, 0.25) is 0 Å². The molecule has 0 radical (unpaired) electrons. The van der Waals surface area contributed by atoms with Crippen LogP contribution in [-0.4, -0.2) is 22.7 Å². The van der Waals surface area contributed by atoms with Crippen molar-refractivity contribution in [1.82, 2.24) is 0 Å². The third-order valence-corrected chi connectivity index (χ3v) is 5.73. The maximum Gasteiger partial charge on any atom is 0.338 e. The third kappa shape index (κ3) is 4.78. The Morgan fingerprint density at radius 2 is 1.30 bits per heavy atom. The quantitative estimate of drug-likeness (QED) is 0.143. The van der Waals surface area contributed by atoms with Crippen LogP contribution in [0.4, 0.5) is 11.4 Å². The minimum Gasteiger partial charge on any atom is -0.457 e. The van der Waals surface area contributed by atoms with Gasteiger partial charge in [0.15, 0.2) is 0 Å². The number of anilines is 1. The molecule has 0 aliphatic carbocycles. The SMILES string of the molecule is O=C(OCc1ccc(Oc2ccc([N+](=O)[O-])cc2)cc1)c1ccc(N2C(=O)c3ccccc3C2=O)cc1. The standard InChI is InChI=1S/C28H18N2O7/c31-26-24-3-1-2-4-25(24)27(32)29(26)20-9-7-19(8-10-20)28(33)36-17-18-5-13-22(14-6-18)37-23-15-11-21(12-16-23)30(34)35/h1-16H,17H2. The highest BCUT2D eigenvalue weighted by Gasteiger charge is 2.36. The molecule has 0 fully saturated rings. The van der Waals surface area contributed by atoms with Gasteiger partial charge in [0.25, 0.3) is 17.5 Å². The predicted octanol–water partition coefficient (Wildman–Crippen LogP) is 5.54. The molecule has 9 nitrogen and oxygen atoms in total. The van der Waals surface area contributed by atoms with Gasteiger partial charge in [0, 0.05) is 12.1 Å². The highest BCUT2D eigenvalue weighted by Crippen LogP contribution is 2.29. The normalized spacial score (nSPS) is 12.3. The van der Waals surface area contributed by atoms with Crippen LogP contribution in [0.5, 0.6) is 11.5 Å². The van der Waals surface area contributed by atoms with Crippen LogP contribution in [0.3, 0.4) is 0 Å². The molecule has 0 spiro atoms. The van der Waals surface area contributed by atoms with Crippen molar-refractivity contribution in [3.05, 3.63) is 129 Å². The Morgan fingerprint density at radius 3 is 1.84 bits per heavy atom. The van der Waals surface area contributed by atoms with Crippen LogP contribution in [0.2, 0.25) is 0 Å². The Balaban J connectivity index is 1.17. The molecule has 182 valence electrons. The number of rotatable bonds is 7. The van der Waals surface area contributed by atoms with Crippen molar-refractivity contribution in [1.29, 1.82) is 0 Å². The van der Waals surface area contributed by atoms with Crippen LogP contribution in [0, 0.1) is 10.1 Å². The smallest absolute Gasteiger partial charge is 0.338 e. The lowest BCUT2D eigenvalue weighted by Gasteiger charge is -2.14. The molecule has 1 heterocycles. The minimum atomic E-state index is -0.555. The van der Waals surface area contributed by atoms with E-state index in [4.69, 9.17) is 9.47 Å². The first-order valence-corrected chi connectivity index (χ1v) is 11.2. The van der Waals surface area contributed by atoms with E-state index in [2.05, 4.69) is 0 Å². The van der Waals surface area contributed by atoms with E-state index in [0.717, 1.165) is 10.5 Å². The highest BCUT2D eigenvalue weighted by molar-refractivity contribution is 6.34. The zero-order chi connectivity index (χ0) is 25.9. The lowest BCUT2D eigenvalue weighted by molar-refractivity contribution is -0.384. The molecule has 9 heteroatoms. The van der Waals surface area contributed by atoms with Crippen molar-refractivity contribution >= 4 is 29.2 Å². The Labute approximate surface area is 210 Å². The van der Waals surface area contributed by atoms with Crippen LogP contribution in [0.25, 0.3) is 0 Å². The van der Waals surface area contributed by atoms with Crippen molar-refractivity contribution < 1.29 is 28.8 Å². The van der Waals surface area contributed by atoms with Gasteiger partial charge in [0.05, 0.1) is 27.3 Å². The minimum absolute atomic E-state index is 0.0246. The number of hydrogen-bond donors (Lipinski definition) is 0. The number of imide groups is 1. The van der Waals surface area contributed by atoms with Gasteiger partial charge in [-0.05, 0) is 66.2 Å². The van der Waals surface area contributed by atoms with Gasteiger partial charge >= 0.3 is 5.97 Å². The molecule has 0 saturated carbocycles. The predicted molar refractivity (Wildman–Crippen MR) is 133 cm³/mol. The number of carbonyl (C=O) groups is 3. The number of nitro groups is 1. The van der Waals surface area contributed by atoms with E-state index in [-0.39, 0.29) is 17.9 Å².